The van der Waals surface area contributed by atoms with Gasteiger partial charge in [-0.15, -0.1) is 11.3 Å². The van der Waals surface area contributed by atoms with Crippen molar-refractivity contribution in [3.05, 3.63) is 16.1 Å². The Morgan fingerprint density at radius 3 is 2.94 bits per heavy atom. The number of thiazole rings is 1. The summed E-state index contributed by atoms with van der Waals surface area (Å²) >= 11 is 1.55. The summed E-state index contributed by atoms with van der Waals surface area (Å²) < 4.78 is 0. The number of nitrogens with one attached hydrogen (secondary N) is 1. The van der Waals surface area contributed by atoms with Crippen molar-refractivity contribution >= 4 is 17.2 Å². The number of amides is 1. The fourth-order valence-electron chi connectivity index (χ4n) is 1.47. The standard InChI is InChI=1S/C11H18N2O2S/c1-3-9(4-5-14)13-11(15)6-10-7-16-8(2)12-10/h7,9,14H,3-6H2,1-2H3,(H,13,15). The van der Waals surface area contributed by atoms with Crippen molar-refractivity contribution < 1.29 is 9.90 Å². The van der Waals surface area contributed by atoms with Crippen LogP contribution in [0.25, 0.3) is 0 Å². The number of rotatable bonds is 6. The van der Waals surface area contributed by atoms with Crippen molar-refractivity contribution in [3.8, 4) is 0 Å². The minimum absolute atomic E-state index is 0.0226. The molecule has 0 fully saturated rings. The normalized spacial score (nSPS) is 12.4. The summed E-state index contributed by atoms with van der Waals surface area (Å²) in [6, 6.07) is 0.0669. The molecule has 0 spiro atoms. The van der Waals surface area contributed by atoms with Crippen LogP contribution in [0.15, 0.2) is 5.38 Å². The molecule has 1 amide bonds. The van der Waals surface area contributed by atoms with Gasteiger partial charge in [-0.2, -0.15) is 0 Å². The number of hydrogen-bond acceptors (Lipinski definition) is 4. The minimum Gasteiger partial charge on any atom is -0.396 e. The number of aromatic nitrogens is 1. The molecule has 0 radical (unpaired) electrons. The van der Waals surface area contributed by atoms with Gasteiger partial charge in [0.15, 0.2) is 0 Å². The summed E-state index contributed by atoms with van der Waals surface area (Å²) in [6.45, 7) is 4.02. The first-order valence-corrected chi connectivity index (χ1v) is 6.35. The molecule has 0 saturated carbocycles. The molecular weight excluding hydrogens is 224 g/mol. The molecule has 90 valence electrons. The number of aliphatic hydroxyl groups excluding tert-OH is 1. The van der Waals surface area contributed by atoms with Crippen LogP contribution in [0, 0.1) is 6.92 Å². The first-order valence-electron chi connectivity index (χ1n) is 5.47. The summed E-state index contributed by atoms with van der Waals surface area (Å²) in [4.78, 5) is 15.9. The van der Waals surface area contributed by atoms with Gasteiger partial charge in [-0.05, 0) is 19.8 Å². The second kappa shape index (κ2) is 6.60. The van der Waals surface area contributed by atoms with E-state index in [-0.39, 0.29) is 18.6 Å². The Balaban J connectivity index is 2.40. The lowest BCUT2D eigenvalue weighted by Gasteiger charge is -2.15. The predicted octanol–water partition coefficient (Wildman–Crippen LogP) is 1.27. The number of aliphatic hydroxyl groups is 1. The van der Waals surface area contributed by atoms with Crippen molar-refractivity contribution in [3.63, 3.8) is 0 Å². The number of aryl methyl sites for hydroxylation is 1. The van der Waals surface area contributed by atoms with Gasteiger partial charge >= 0.3 is 0 Å². The minimum atomic E-state index is -0.0226. The predicted molar refractivity (Wildman–Crippen MR) is 64.5 cm³/mol. The molecule has 1 unspecified atom stereocenters. The lowest BCUT2D eigenvalue weighted by atomic mass is 10.1. The van der Waals surface area contributed by atoms with E-state index in [9.17, 15) is 4.79 Å². The molecule has 0 aromatic carbocycles. The average Bonchev–Trinajstić information content (AvgIpc) is 2.63. The highest BCUT2D eigenvalue weighted by molar-refractivity contribution is 7.09. The van der Waals surface area contributed by atoms with E-state index in [2.05, 4.69) is 10.3 Å². The molecule has 0 aliphatic carbocycles. The topological polar surface area (TPSA) is 62.2 Å². The maximum atomic E-state index is 11.6. The molecule has 5 heteroatoms. The van der Waals surface area contributed by atoms with Crippen LogP contribution >= 0.6 is 11.3 Å². The number of hydrogen-bond donors (Lipinski definition) is 2. The summed E-state index contributed by atoms with van der Waals surface area (Å²) in [5, 5.41) is 14.6. The highest BCUT2D eigenvalue weighted by Crippen LogP contribution is 2.08. The SMILES string of the molecule is CCC(CCO)NC(=O)Cc1csc(C)n1. The van der Waals surface area contributed by atoms with Crippen molar-refractivity contribution in [2.45, 2.75) is 39.2 Å². The maximum Gasteiger partial charge on any atom is 0.226 e. The summed E-state index contributed by atoms with van der Waals surface area (Å²) in [7, 11) is 0. The van der Waals surface area contributed by atoms with Crippen molar-refractivity contribution in [1.29, 1.82) is 0 Å². The zero-order valence-electron chi connectivity index (χ0n) is 9.69. The average molecular weight is 242 g/mol. The van der Waals surface area contributed by atoms with Gasteiger partial charge in [-0.25, -0.2) is 4.98 Å². The van der Waals surface area contributed by atoms with Gasteiger partial charge < -0.3 is 10.4 Å². The molecule has 1 aromatic heterocycles. The van der Waals surface area contributed by atoms with Crippen LogP contribution in [0.2, 0.25) is 0 Å². The Kier molecular flexibility index (Phi) is 5.42. The Morgan fingerprint density at radius 2 is 2.44 bits per heavy atom. The molecule has 0 saturated heterocycles. The van der Waals surface area contributed by atoms with Crippen LogP contribution in [0.1, 0.15) is 30.5 Å². The summed E-state index contributed by atoms with van der Waals surface area (Å²) in [6.07, 6.45) is 1.77. The van der Waals surface area contributed by atoms with Gasteiger partial charge in [0.1, 0.15) is 0 Å². The fourth-order valence-corrected chi connectivity index (χ4v) is 2.08. The lowest BCUT2D eigenvalue weighted by molar-refractivity contribution is -0.121. The first-order chi connectivity index (χ1) is 7.65. The van der Waals surface area contributed by atoms with Crippen molar-refractivity contribution in [2.75, 3.05) is 6.61 Å². The lowest BCUT2D eigenvalue weighted by Crippen LogP contribution is -2.36. The van der Waals surface area contributed by atoms with Gasteiger partial charge in [-0.3, -0.25) is 4.79 Å². The van der Waals surface area contributed by atoms with Gasteiger partial charge in [0.2, 0.25) is 5.91 Å². The van der Waals surface area contributed by atoms with Gasteiger partial charge in [0.25, 0.3) is 0 Å². The zero-order valence-corrected chi connectivity index (χ0v) is 10.5. The van der Waals surface area contributed by atoms with Gasteiger partial charge in [0.05, 0.1) is 17.1 Å². The molecular formula is C11H18N2O2S. The Hall–Kier alpha value is -0.940. The highest BCUT2D eigenvalue weighted by atomic mass is 32.1. The van der Waals surface area contributed by atoms with Gasteiger partial charge in [-0.1, -0.05) is 6.92 Å². The third-order valence-electron chi connectivity index (χ3n) is 2.34. The third-order valence-corrected chi connectivity index (χ3v) is 3.17. The second-order valence-corrected chi connectivity index (χ2v) is 4.78. The monoisotopic (exact) mass is 242 g/mol. The van der Waals surface area contributed by atoms with E-state index in [1.807, 2.05) is 19.2 Å². The first kappa shape index (κ1) is 13.1. The summed E-state index contributed by atoms with van der Waals surface area (Å²) in [5.74, 6) is -0.0226. The molecule has 0 bridgehead atoms. The molecule has 1 heterocycles. The number of carbonyl (C=O) groups excluding carboxylic acids is 1. The largest absolute Gasteiger partial charge is 0.396 e. The van der Waals surface area contributed by atoms with E-state index < -0.39 is 0 Å². The van der Waals surface area contributed by atoms with E-state index in [1.54, 1.807) is 11.3 Å². The molecule has 0 aliphatic rings. The van der Waals surface area contributed by atoms with Crippen molar-refractivity contribution in [2.24, 2.45) is 0 Å². The van der Waals surface area contributed by atoms with Crippen LogP contribution in [-0.4, -0.2) is 28.6 Å². The van der Waals surface area contributed by atoms with Crippen LogP contribution < -0.4 is 5.32 Å². The van der Waals surface area contributed by atoms with E-state index in [0.29, 0.717) is 12.8 Å². The van der Waals surface area contributed by atoms with Crippen LogP contribution in [0.5, 0.6) is 0 Å². The third kappa shape index (κ3) is 4.28. The fraction of sp³-hybridized carbons (Fsp3) is 0.636. The van der Waals surface area contributed by atoms with E-state index >= 15 is 0 Å². The Morgan fingerprint density at radius 1 is 1.69 bits per heavy atom. The number of nitrogens with zero attached hydrogens (tertiary/aromatic N) is 1. The molecule has 4 nitrogen and oxygen atoms in total. The molecule has 1 rings (SSSR count). The molecule has 0 aliphatic heterocycles. The molecule has 1 atom stereocenters. The van der Waals surface area contributed by atoms with Crippen LogP contribution in [0.4, 0.5) is 0 Å². The van der Waals surface area contributed by atoms with Gasteiger partial charge in [0, 0.05) is 18.0 Å². The molecule has 16 heavy (non-hydrogen) atoms. The van der Waals surface area contributed by atoms with Crippen LogP contribution in [0.3, 0.4) is 0 Å². The smallest absolute Gasteiger partial charge is 0.226 e. The number of carbonyl (C=O) groups is 1. The highest BCUT2D eigenvalue weighted by Gasteiger charge is 2.11. The summed E-state index contributed by atoms with van der Waals surface area (Å²) in [5.41, 5.74) is 0.818. The molecule has 1 aromatic rings. The van der Waals surface area contributed by atoms with E-state index in [0.717, 1.165) is 17.1 Å². The zero-order chi connectivity index (χ0) is 12.0. The van der Waals surface area contributed by atoms with Crippen LogP contribution in [-0.2, 0) is 11.2 Å². The Bertz CT molecular complexity index is 338. The second-order valence-electron chi connectivity index (χ2n) is 3.72. The molecule has 2 N–H and O–H groups in total. The maximum absolute atomic E-state index is 11.6. The Labute approximate surface area is 99.7 Å². The van der Waals surface area contributed by atoms with E-state index in [4.69, 9.17) is 5.11 Å². The van der Waals surface area contributed by atoms with Crippen molar-refractivity contribution in [1.82, 2.24) is 10.3 Å². The van der Waals surface area contributed by atoms with E-state index in [1.165, 1.54) is 0 Å². The quantitative estimate of drug-likeness (QED) is 0.789.